The minimum absolute atomic E-state index is 0.152. The van der Waals surface area contributed by atoms with E-state index in [1.165, 1.54) is 0 Å². The third-order valence-corrected chi connectivity index (χ3v) is 3.14. The lowest BCUT2D eigenvalue weighted by atomic mass is 10.1. The number of pyridine rings is 1. The van der Waals surface area contributed by atoms with Gasteiger partial charge in [-0.3, -0.25) is 0 Å². The topological polar surface area (TPSA) is 100 Å². The summed E-state index contributed by atoms with van der Waals surface area (Å²) >= 11 is 0. The number of rotatable bonds is 8. The molecule has 5 N–H and O–H groups in total. The maximum Gasteiger partial charge on any atom is 0.339 e. The molecule has 0 aromatic carbocycles. The summed E-state index contributed by atoms with van der Waals surface area (Å²) in [6.45, 7) is 9.36. The standard InChI is InChI=1S/C15H26N4O2/c1-5-6-7-17-13-11(15(20)21)10(4)19-14(12(13)16)18-8-9(2)3/h9H,5-8,16H2,1-4H3,(H,20,21)(H2,17,18,19). The smallest absolute Gasteiger partial charge is 0.339 e. The molecule has 6 nitrogen and oxygen atoms in total. The fourth-order valence-corrected chi connectivity index (χ4v) is 1.99. The van der Waals surface area contributed by atoms with Crippen LogP contribution >= 0.6 is 0 Å². The predicted octanol–water partition coefficient (Wildman–Crippen LogP) is 2.95. The van der Waals surface area contributed by atoms with E-state index in [-0.39, 0.29) is 5.56 Å². The summed E-state index contributed by atoms with van der Waals surface area (Å²) in [5.41, 5.74) is 7.56. The molecule has 0 saturated carbocycles. The van der Waals surface area contributed by atoms with E-state index in [1.807, 2.05) is 0 Å². The van der Waals surface area contributed by atoms with E-state index < -0.39 is 5.97 Å². The molecule has 0 spiro atoms. The number of hydrogen-bond donors (Lipinski definition) is 4. The van der Waals surface area contributed by atoms with Gasteiger partial charge in [0.2, 0.25) is 0 Å². The Labute approximate surface area is 126 Å². The monoisotopic (exact) mass is 294 g/mol. The highest BCUT2D eigenvalue weighted by Gasteiger charge is 2.20. The van der Waals surface area contributed by atoms with Gasteiger partial charge in [-0.05, 0) is 19.3 Å². The van der Waals surface area contributed by atoms with Gasteiger partial charge < -0.3 is 21.5 Å². The van der Waals surface area contributed by atoms with Crippen molar-refractivity contribution in [1.82, 2.24) is 4.98 Å². The molecule has 0 aliphatic rings. The van der Waals surface area contributed by atoms with Crippen LogP contribution in [0.15, 0.2) is 0 Å². The minimum atomic E-state index is -1.01. The summed E-state index contributed by atoms with van der Waals surface area (Å²) in [6, 6.07) is 0. The molecule has 1 aromatic rings. The molecule has 0 atom stereocenters. The molecule has 0 aliphatic carbocycles. The fourth-order valence-electron chi connectivity index (χ4n) is 1.99. The molecule has 0 bridgehead atoms. The van der Waals surface area contributed by atoms with Crippen molar-refractivity contribution < 1.29 is 9.90 Å². The van der Waals surface area contributed by atoms with E-state index in [2.05, 4.69) is 36.4 Å². The number of carboxylic acids is 1. The van der Waals surface area contributed by atoms with Gasteiger partial charge in [-0.1, -0.05) is 27.2 Å². The first-order valence-corrected chi connectivity index (χ1v) is 7.39. The molecule has 118 valence electrons. The largest absolute Gasteiger partial charge is 0.478 e. The van der Waals surface area contributed by atoms with Crippen molar-refractivity contribution >= 4 is 23.2 Å². The van der Waals surface area contributed by atoms with Gasteiger partial charge in [0, 0.05) is 13.1 Å². The molecular weight excluding hydrogens is 268 g/mol. The maximum absolute atomic E-state index is 11.4. The van der Waals surface area contributed by atoms with Crippen molar-refractivity contribution in [3.8, 4) is 0 Å². The Balaban J connectivity index is 3.16. The Morgan fingerprint density at radius 2 is 2.05 bits per heavy atom. The van der Waals surface area contributed by atoms with Crippen LogP contribution in [0.1, 0.15) is 49.7 Å². The fraction of sp³-hybridized carbons (Fsp3) is 0.600. The molecule has 0 saturated heterocycles. The van der Waals surface area contributed by atoms with Gasteiger partial charge in [0.05, 0.1) is 17.1 Å². The third-order valence-electron chi connectivity index (χ3n) is 3.14. The first kappa shape index (κ1) is 17.1. The number of unbranched alkanes of at least 4 members (excludes halogenated alkanes) is 1. The molecule has 0 unspecified atom stereocenters. The average molecular weight is 294 g/mol. The number of anilines is 3. The van der Waals surface area contributed by atoms with Crippen LogP contribution in [0.5, 0.6) is 0 Å². The minimum Gasteiger partial charge on any atom is -0.478 e. The lowest BCUT2D eigenvalue weighted by Gasteiger charge is -2.18. The summed E-state index contributed by atoms with van der Waals surface area (Å²) in [4.78, 5) is 15.7. The van der Waals surface area contributed by atoms with Crippen molar-refractivity contribution in [1.29, 1.82) is 0 Å². The highest BCUT2D eigenvalue weighted by Crippen LogP contribution is 2.32. The van der Waals surface area contributed by atoms with E-state index in [0.29, 0.717) is 35.3 Å². The summed E-state index contributed by atoms with van der Waals surface area (Å²) in [5, 5.41) is 15.7. The summed E-state index contributed by atoms with van der Waals surface area (Å²) in [5.74, 6) is -0.0199. The highest BCUT2D eigenvalue weighted by molar-refractivity contribution is 6.00. The maximum atomic E-state index is 11.4. The van der Waals surface area contributed by atoms with Crippen LogP contribution < -0.4 is 16.4 Å². The number of nitrogens with zero attached hydrogens (tertiary/aromatic N) is 1. The average Bonchev–Trinajstić information content (AvgIpc) is 2.40. The number of nitrogens with one attached hydrogen (secondary N) is 2. The van der Waals surface area contributed by atoms with E-state index in [4.69, 9.17) is 5.73 Å². The van der Waals surface area contributed by atoms with E-state index in [9.17, 15) is 9.90 Å². The molecule has 1 rings (SSSR count). The number of aromatic carboxylic acids is 1. The second-order valence-corrected chi connectivity index (χ2v) is 5.57. The van der Waals surface area contributed by atoms with Crippen molar-refractivity contribution in [2.24, 2.45) is 5.92 Å². The molecule has 0 fully saturated rings. The van der Waals surface area contributed by atoms with Gasteiger partial charge in [-0.2, -0.15) is 0 Å². The zero-order chi connectivity index (χ0) is 16.0. The van der Waals surface area contributed by atoms with Crippen LogP contribution in [0, 0.1) is 12.8 Å². The first-order valence-electron chi connectivity index (χ1n) is 7.39. The van der Waals surface area contributed by atoms with Crippen LogP contribution in [0.2, 0.25) is 0 Å². The number of carboxylic acid groups (broad SMARTS) is 1. The van der Waals surface area contributed by atoms with Crippen molar-refractivity contribution in [3.63, 3.8) is 0 Å². The highest BCUT2D eigenvalue weighted by atomic mass is 16.4. The molecule has 6 heteroatoms. The number of aromatic nitrogens is 1. The molecular formula is C15H26N4O2. The molecule has 0 aliphatic heterocycles. The van der Waals surface area contributed by atoms with E-state index in [0.717, 1.165) is 19.4 Å². The van der Waals surface area contributed by atoms with E-state index >= 15 is 0 Å². The number of aryl methyl sites for hydroxylation is 1. The Morgan fingerprint density at radius 1 is 1.38 bits per heavy atom. The number of carbonyl (C=O) groups is 1. The van der Waals surface area contributed by atoms with E-state index in [1.54, 1.807) is 6.92 Å². The SMILES string of the molecule is CCCCNc1c(N)c(NCC(C)C)nc(C)c1C(=O)O. The zero-order valence-corrected chi connectivity index (χ0v) is 13.3. The van der Waals surface area contributed by atoms with Crippen LogP contribution in [0.3, 0.4) is 0 Å². The van der Waals surface area contributed by atoms with Gasteiger partial charge in [0.1, 0.15) is 5.56 Å². The van der Waals surface area contributed by atoms with Gasteiger partial charge in [0.15, 0.2) is 5.82 Å². The molecule has 1 heterocycles. The Kier molecular flexibility index (Phi) is 6.27. The molecule has 0 radical (unpaired) electrons. The molecule has 0 amide bonds. The van der Waals surface area contributed by atoms with Crippen molar-refractivity contribution in [3.05, 3.63) is 11.3 Å². The van der Waals surface area contributed by atoms with Gasteiger partial charge in [0.25, 0.3) is 0 Å². The number of nitrogens with two attached hydrogens (primary N) is 1. The van der Waals surface area contributed by atoms with Gasteiger partial charge in [-0.25, -0.2) is 9.78 Å². The second-order valence-electron chi connectivity index (χ2n) is 5.57. The predicted molar refractivity (Wildman–Crippen MR) is 87.1 cm³/mol. The lowest BCUT2D eigenvalue weighted by molar-refractivity contribution is 0.0696. The lowest BCUT2D eigenvalue weighted by Crippen LogP contribution is -2.17. The van der Waals surface area contributed by atoms with Crippen molar-refractivity contribution in [2.75, 3.05) is 29.5 Å². The molecule has 1 aromatic heterocycles. The van der Waals surface area contributed by atoms with Gasteiger partial charge >= 0.3 is 5.97 Å². The Bertz CT molecular complexity index is 501. The van der Waals surface area contributed by atoms with Crippen LogP contribution in [0.25, 0.3) is 0 Å². The Morgan fingerprint density at radius 3 is 2.57 bits per heavy atom. The zero-order valence-electron chi connectivity index (χ0n) is 13.3. The normalized spacial score (nSPS) is 10.7. The van der Waals surface area contributed by atoms with Crippen molar-refractivity contribution in [2.45, 2.75) is 40.5 Å². The Hall–Kier alpha value is -1.98. The number of nitrogen functional groups attached to an aromatic ring is 1. The second kappa shape index (κ2) is 7.71. The van der Waals surface area contributed by atoms with Gasteiger partial charge in [-0.15, -0.1) is 0 Å². The third kappa shape index (κ3) is 4.51. The summed E-state index contributed by atoms with van der Waals surface area (Å²) < 4.78 is 0. The summed E-state index contributed by atoms with van der Waals surface area (Å²) in [6.07, 6.45) is 1.98. The van der Waals surface area contributed by atoms with Crippen LogP contribution in [-0.4, -0.2) is 29.1 Å². The first-order chi connectivity index (χ1) is 9.88. The number of hydrogen-bond acceptors (Lipinski definition) is 5. The molecule has 21 heavy (non-hydrogen) atoms. The van der Waals surface area contributed by atoms with Crippen LogP contribution in [-0.2, 0) is 0 Å². The van der Waals surface area contributed by atoms with Crippen LogP contribution in [0.4, 0.5) is 17.2 Å². The quantitative estimate of drug-likeness (QED) is 0.550. The summed E-state index contributed by atoms with van der Waals surface area (Å²) in [7, 11) is 0.